The highest BCUT2D eigenvalue weighted by atomic mass is 16.3. The fourth-order valence-electron chi connectivity index (χ4n) is 2.15. The zero-order chi connectivity index (χ0) is 17.1. The van der Waals surface area contributed by atoms with Crippen LogP contribution in [0.3, 0.4) is 0 Å². The third-order valence-electron chi connectivity index (χ3n) is 3.31. The van der Waals surface area contributed by atoms with Gasteiger partial charge in [-0.1, -0.05) is 24.3 Å². The summed E-state index contributed by atoms with van der Waals surface area (Å²) >= 11 is 0. The number of imide groups is 1. The Morgan fingerprint density at radius 2 is 1.38 bits per heavy atom. The van der Waals surface area contributed by atoms with Crippen LogP contribution in [0.1, 0.15) is 20.7 Å². The second kappa shape index (κ2) is 6.21. The van der Waals surface area contributed by atoms with Crippen LogP contribution in [0.25, 0.3) is 0 Å². The summed E-state index contributed by atoms with van der Waals surface area (Å²) < 4.78 is 0. The van der Waals surface area contributed by atoms with Crippen molar-refractivity contribution >= 4 is 17.6 Å². The van der Waals surface area contributed by atoms with Crippen molar-refractivity contribution in [2.45, 2.75) is 0 Å². The van der Waals surface area contributed by atoms with E-state index < -0.39 is 11.8 Å². The molecule has 3 rings (SSSR count). The van der Waals surface area contributed by atoms with Crippen molar-refractivity contribution < 1.29 is 19.8 Å². The molecule has 24 heavy (non-hydrogen) atoms. The van der Waals surface area contributed by atoms with Crippen molar-refractivity contribution in [2.24, 2.45) is 0 Å². The lowest BCUT2D eigenvalue weighted by molar-refractivity contribution is 0.0894. The molecule has 0 aliphatic rings. The number of anilines is 1. The first-order valence-corrected chi connectivity index (χ1v) is 6.90. The number of carbonyl (C=O) groups is 2. The Balaban J connectivity index is 2.09. The molecule has 8 heteroatoms. The van der Waals surface area contributed by atoms with Gasteiger partial charge < -0.3 is 10.2 Å². The maximum Gasteiger partial charge on any atom is 0.270 e. The summed E-state index contributed by atoms with van der Waals surface area (Å²) in [7, 11) is 0. The number of H-pyrrole nitrogens is 1. The third-order valence-corrected chi connectivity index (χ3v) is 3.31. The van der Waals surface area contributed by atoms with E-state index in [2.05, 4.69) is 15.4 Å². The fraction of sp³-hybridized carbons (Fsp3) is 0. The molecule has 3 N–H and O–H groups in total. The number of aromatic amines is 1. The second-order valence-corrected chi connectivity index (χ2v) is 4.81. The number of aromatic hydroxyl groups is 2. The van der Waals surface area contributed by atoms with Crippen LogP contribution in [-0.4, -0.2) is 37.4 Å². The summed E-state index contributed by atoms with van der Waals surface area (Å²) in [5.41, 5.74) is -0.159. The van der Waals surface area contributed by atoms with Crippen LogP contribution in [0.4, 0.5) is 5.82 Å². The van der Waals surface area contributed by atoms with Crippen LogP contribution in [0.15, 0.2) is 54.7 Å². The van der Waals surface area contributed by atoms with Crippen LogP contribution < -0.4 is 4.90 Å². The van der Waals surface area contributed by atoms with Crippen LogP contribution >= 0.6 is 0 Å². The molecule has 3 aromatic rings. The van der Waals surface area contributed by atoms with E-state index in [4.69, 9.17) is 0 Å². The Kier molecular flexibility index (Phi) is 3.94. The number of hydrogen-bond donors (Lipinski definition) is 3. The van der Waals surface area contributed by atoms with Crippen LogP contribution in [0.2, 0.25) is 0 Å². The highest BCUT2D eigenvalue weighted by Gasteiger charge is 2.30. The average molecular weight is 324 g/mol. The van der Waals surface area contributed by atoms with Crippen LogP contribution in [0.5, 0.6) is 11.5 Å². The van der Waals surface area contributed by atoms with E-state index >= 15 is 0 Å². The van der Waals surface area contributed by atoms with Gasteiger partial charge in [0, 0.05) is 0 Å². The van der Waals surface area contributed by atoms with E-state index in [1.807, 2.05) is 0 Å². The lowest BCUT2D eigenvalue weighted by atomic mass is 10.1. The SMILES string of the molecule is O=C(c1ccccc1O)N(C(=O)c1ccccc1O)c1cn[nH]n1. The molecule has 0 radical (unpaired) electrons. The van der Waals surface area contributed by atoms with Gasteiger partial charge in [-0.2, -0.15) is 10.3 Å². The summed E-state index contributed by atoms with van der Waals surface area (Å²) in [6.45, 7) is 0. The monoisotopic (exact) mass is 324 g/mol. The number of para-hydroxylation sites is 2. The summed E-state index contributed by atoms with van der Waals surface area (Å²) in [5, 5.41) is 29.4. The zero-order valence-electron chi connectivity index (χ0n) is 12.2. The van der Waals surface area contributed by atoms with Gasteiger partial charge in [-0.3, -0.25) is 9.59 Å². The van der Waals surface area contributed by atoms with Gasteiger partial charge in [0.15, 0.2) is 5.82 Å². The molecule has 1 aromatic heterocycles. The zero-order valence-corrected chi connectivity index (χ0v) is 12.2. The standard InChI is InChI=1S/C16H12N4O4/c21-12-7-3-1-5-10(12)15(23)20(14-9-17-19-18-14)16(24)11-6-2-4-8-13(11)22/h1-9,21-22H,(H,17,18,19). The largest absolute Gasteiger partial charge is 0.507 e. The molecular formula is C16H12N4O4. The molecule has 8 nitrogen and oxygen atoms in total. The quantitative estimate of drug-likeness (QED) is 0.631. The Bertz CT molecular complexity index is 835. The van der Waals surface area contributed by atoms with E-state index in [1.165, 1.54) is 30.5 Å². The second-order valence-electron chi connectivity index (χ2n) is 4.81. The molecule has 2 amide bonds. The van der Waals surface area contributed by atoms with Crippen molar-refractivity contribution in [3.8, 4) is 11.5 Å². The highest BCUT2D eigenvalue weighted by molar-refractivity contribution is 6.26. The van der Waals surface area contributed by atoms with E-state index in [0.717, 1.165) is 4.90 Å². The lowest BCUT2D eigenvalue weighted by Gasteiger charge is -2.19. The number of nitrogens with zero attached hydrogens (tertiary/aromatic N) is 3. The van der Waals surface area contributed by atoms with Crippen molar-refractivity contribution in [1.29, 1.82) is 0 Å². The number of rotatable bonds is 3. The number of carbonyl (C=O) groups excluding carboxylic acids is 2. The molecule has 0 bridgehead atoms. The first-order chi connectivity index (χ1) is 11.6. The van der Waals surface area contributed by atoms with Crippen LogP contribution in [-0.2, 0) is 0 Å². The van der Waals surface area contributed by atoms with Crippen molar-refractivity contribution in [2.75, 3.05) is 4.90 Å². The summed E-state index contributed by atoms with van der Waals surface area (Å²) in [4.78, 5) is 26.3. The van der Waals surface area contributed by atoms with E-state index in [9.17, 15) is 19.8 Å². The molecular weight excluding hydrogens is 312 g/mol. The van der Waals surface area contributed by atoms with Gasteiger partial charge >= 0.3 is 0 Å². The minimum atomic E-state index is -0.796. The smallest absolute Gasteiger partial charge is 0.270 e. The molecule has 0 spiro atoms. The molecule has 2 aromatic carbocycles. The number of aromatic nitrogens is 3. The lowest BCUT2D eigenvalue weighted by Crippen LogP contribution is -2.37. The topological polar surface area (TPSA) is 119 Å². The Morgan fingerprint density at radius 3 is 1.79 bits per heavy atom. The minimum Gasteiger partial charge on any atom is -0.507 e. The maximum atomic E-state index is 12.8. The molecule has 120 valence electrons. The van der Waals surface area contributed by atoms with Crippen molar-refractivity contribution in [3.05, 3.63) is 65.9 Å². The summed E-state index contributed by atoms with van der Waals surface area (Å²) in [5.74, 6) is -2.20. The summed E-state index contributed by atoms with van der Waals surface area (Å²) in [6, 6.07) is 11.6. The van der Waals surface area contributed by atoms with Gasteiger partial charge in [0.1, 0.15) is 11.5 Å². The molecule has 0 fully saturated rings. The molecule has 0 saturated carbocycles. The Morgan fingerprint density at radius 1 is 0.875 bits per heavy atom. The molecule has 0 saturated heterocycles. The Labute approximate surface area is 136 Å². The number of phenolic OH excluding ortho intramolecular Hbond substituents is 2. The first kappa shape index (κ1) is 15.2. The molecule has 0 aliphatic heterocycles. The minimum absolute atomic E-state index is 0.0588. The molecule has 1 heterocycles. The van der Waals surface area contributed by atoms with E-state index in [0.29, 0.717) is 0 Å². The van der Waals surface area contributed by atoms with Gasteiger partial charge in [0.05, 0.1) is 17.3 Å². The normalized spacial score (nSPS) is 10.3. The van der Waals surface area contributed by atoms with Crippen molar-refractivity contribution in [3.63, 3.8) is 0 Å². The predicted octanol–water partition coefficient (Wildman–Crippen LogP) is 1.70. The maximum absolute atomic E-state index is 12.8. The van der Waals surface area contributed by atoms with Crippen molar-refractivity contribution in [1.82, 2.24) is 15.4 Å². The van der Waals surface area contributed by atoms with Crippen LogP contribution in [0, 0.1) is 0 Å². The Hall–Kier alpha value is -3.68. The van der Waals surface area contributed by atoms with E-state index in [1.54, 1.807) is 24.3 Å². The summed E-state index contributed by atoms with van der Waals surface area (Å²) in [6.07, 6.45) is 1.19. The first-order valence-electron chi connectivity index (χ1n) is 6.90. The average Bonchev–Trinajstić information content (AvgIpc) is 3.09. The van der Waals surface area contributed by atoms with Gasteiger partial charge in [-0.25, -0.2) is 4.90 Å². The molecule has 0 atom stereocenters. The number of phenols is 2. The highest BCUT2D eigenvalue weighted by Crippen LogP contribution is 2.25. The van der Waals surface area contributed by atoms with Gasteiger partial charge in [-0.15, -0.1) is 5.10 Å². The van der Waals surface area contributed by atoms with Gasteiger partial charge in [0.2, 0.25) is 0 Å². The third kappa shape index (κ3) is 2.68. The number of amides is 2. The molecule has 0 aliphatic carbocycles. The van der Waals surface area contributed by atoms with Gasteiger partial charge in [0.25, 0.3) is 11.8 Å². The number of hydrogen-bond acceptors (Lipinski definition) is 6. The number of nitrogens with one attached hydrogen (secondary N) is 1. The van der Waals surface area contributed by atoms with Gasteiger partial charge in [-0.05, 0) is 24.3 Å². The fourth-order valence-corrected chi connectivity index (χ4v) is 2.15. The number of benzene rings is 2. The predicted molar refractivity (Wildman–Crippen MR) is 83.7 cm³/mol. The molecule has 0 unspecified atom stereocenters. The van der Waals surface area contributed by atoms with E-state index in [-0.39, 0.29) is 28.4 Å².